The van der Waals surface area contributed by atoms with E-state index in [2.05, 4.69) is 16.3 Å². The Kier molecular flexibility index (Phi) is 3.84. The van der Waals surface area contributed by atoms with Crippen LogP contribution in [0.25, 0.3) is 0 Å². The van der Waals surface area contributed by atoms with Gasteiger partial charge in [0.05, 0.1) is 0 Å². The molecule has 1 aliphatic carbocycles. The molecule has 4 aliphatic rings. The number of imide groups is 1. The number of nitrogens with one attached hydrogen (secondary N) is 1. The van der Waals surface area contributed by atoms with Crippen LogP contribution in [-0.2, 0) is 22.7 Å². The van der Waals surface area contributed by atoms with E-state index in [0.717, 1.165) is 36.7 Å². The zero-order valence-electron chi connectivity index (χ0n) is 15.2. The summed E-state index contributed by atoms with van der Waals surface area (Å²) >= 11 is 0. The third-order valence-corrected chi connectivity index (χ3v) is 6.49. The number of nitrogens with zero attached hydrogens (tertiary/aromatic N) is 2. The summed E-state index contributed by atoms with van der Waals surface area (Å²) in [5.41, 5.74) is 8.98. The number of nitrogens with two attached hydrogens (primary N) is 1. The zero-order valence-corrected chi connectivity index (χ0v) is 15.2. The van der Waals surface area contributed by atoms with Crippen LogP contribution >= 0.6 is 0 Å². The quantitative estimate of drug-likeness (QED) is 0.745. The first kappa shape index (κ1) is 16.9. The Morgan fingerprint density at radius 1 is 1.19 bits per heavy atom. The van der Waals surface area contributed by atoms with Crippen LogP contribution in [0.1, 0.15) is 40.7 Å². The molecule has 2 saturated heterocycles. The van der Waals surface area contributed by atoms with E-state index in [9.17, 15) is 14.4 Å². The van der Waals surface area contributed by atoms with Gasteiger partial charge in [0.2, 0.25) is 11.8 Å². The van der Waals surface area contributed by atoms with Crippen molar-refractivity contribution in [1.82, 2.24) is 15.1 Å². The highest BCUT2D eigenvalue weighted by atomic mass is 16.2. The van der Waals surface area contributed by atoms with Crippen molar-refractivity contribution in [2.75, 3.05) is 13.1 Å². The van der Waals surface area contributed by atoms with Crippen LogP contribution in [0.4, 0.5) is 0 Å². The first-order chi connectivity index (χ1) is 13.0. The van der Waals surface area contributed by atoms with E-state index in [1.165, 1.54) is 6.42 Å². The zero-order chi connectivity index (χ0) is 18.7. The molecule has 3 amide bonds. The Labute approximate surface area is 157 Å². The fraction of sp³-hybridized carbons (Fsp3) is 0.550. The molecule has 3 fully saturated rings. The van der Waals surface area contributed by atoms with Crippen molar-refractivity contribution in [3.05, 3.63) is 34.9 Å². The van der Waals surface area contributed by atoms with Gasteiger partial charge in [-0.05, 0) is 41.9 Å². The molecule has 5 rings (SSSR count). The first-order valence-electron chi connectivity index (χ1n) is 9.74. The molecule has 1 unspecified atom stereocenters. The highest BCUT2D eigenvalue weighted by Gasteiger charge is 2.46. The van der Waals surface area contributed by atoms with Gasteiger partial charge in [-0.2, -0.15) is 0 Å². The molecule has 0 radical (unpaired) electrons. The second-order valence-electron chi connectivity index (χ2n) is 8.41. The summed E-state index contributed by atoms with van der Waals surface area (Å²) in [6.07, 6.45) is 1.92. The lowest BCUT2D eigenvalue weighted by atomic mass is 10.0. The minimum Gasteiger partial charge on any atom is -0.326 e. The SMILES string of the molecule is N[C@H]1CN(Cc2ccc3c(c2)C(=O)N(C2CCC(=O)NC2=O)C3)C[C@@H]2C[C@@H]21. The molecule has 142 valence electrons. The Morgan fingerprint density at radius 2 is 2.04 bits per heavy atom. The Bertz CT molecular complexity index is 839. The summed E-state index contributed by atoms with van der Waals surface area (Å²) in [7, 11) is 0. The number of hydrogen-bond acceptors (Lipinski definition) is 5. The second kappa shape index (κ2) is 6.14. The van der Waals surface area contributed by atoms with Crippen molar-refractivity contribution in [2.45, 2.75) is 44.4 Å². The summed E-state index contributed by atoms with van der Waals surface area (Å²) in [5.74, 6) is 0.714. The standard InChI is InChI=1S/C20H24N4O3/c21-16-10-23(8-13-6-14(13)16)7-11-1-2-12-9-24(20(27)15(12)5-11)17-3-4-18(25)22-19(17)26/h1-2,5,13-14,16-17H,3-4,6-10,21H2,(H,22,25,26)/t13-,14-,16-,17?/m0/s1. The van der Waals surface area contributed by atoms with Crippen LogP contribution in [-0.4, -0.2) is 52.7 Å². The lowest BCUT2D eigenvalue weighted by Gasteiger charge is -2.30. The van der Waals surface area contributed by atoms with Crippen molar-refractivity contribution in [2.24, 2.45) is 17.6 Å². The van der Waals surface area contributed by atoms with E-state index >= 15 is 0 Å². The summed E-state index contributed by atoms with van der Waals surface area (Å²) in [6, 6.07) is 5.75. The van der Waals surface area contributed by atoms with Crippen LogP contribution < -0.4 is 11.1 Å². The molecule has 7 nitrogen and oxygen atoms in total. The maximum absolute atomic E-state index is 12.9. The number of carbonyl (C=O) groups excluding carboxylic acids is 3. The topological polar surface area (TPSA) is 95.7 Å². The monoisotopic (exact) mass is 368 g/mol. The normalized spacial score (nSPS) is 32.9. The van der Waals surface area contributed by atoms with Crippen molar-refractivity contribution >= 4 is 17.7 Å². The summed E-state index contributed by atoms with van der Waals surface area (Å²) in [4.78, 5) is 40.4. The second-order valence-corrected chi connectivity index (χ2v) is 8.41. The van der Waals surface area contributed by atoms with E-state index in [4.69, 9.17) is 5.73 Å². The van der Waals surface area contributed by atoms with E-state index in [1.54, 1.807) is 4.90 Å². The minimum absolute atomic E-state index is 0.112. The molecular weight excluding hydrogens is 344 g/mol. The van der Waals surface area contributed by atoms with Gasteiger partial charge in [-0.15, -0.1) is 0 Å². The van der Waals surface area contributed by atoms with Gasteiger partial charge in [0.25, 0.3) is 5.91 Å². The Balaban J connectivity index is 1.31. The lowest BCUT2D eigenvalue weighted by Crippen LogP contribution is -2.52. The number of benzene rings is 1. The van der Waals surface area contributed by atoms with Gasteiger partial charge >= 0.3 is 0 Å². The van der Waals surface area contributed by atoms with Gasteiger partial charge in [0, 0.05) is 44.2 Å². The first-order valence-corrected chi connectivity index (χ1v) is 9.74. The summed E-state index contributed by atoms with van der Waals surface area (Å²) < 4.78 is 0. The van der Waals surface area contributed by atoms with Gasteiger partial charge in [-0.1, -0.05) is 12.1 Å². The maximum atomic E-state index is 12.9. The minimum atomic E-state index is -0.557. The molecule has 4 atom stereocenters. The molecular formula is C20H24N4O3. The van der Waals surface area contributed by atoms with Gasteiger partial charge in [-0.25, -0.2) is 0 Å². The largest absolute Gasteiger partial charge is 0.326 e. The molecule has 1 aromatic carbocycles. The number of carbonyl (C=O) groups is 3. The molecule has 1 saturated carbocycles. The Morgan fingerprint density at radius 3 is 2.81 bits per heavy atom. The van der Waals surface area contributed by atoms with E-state index in [0.29, 0.717) is 24.4 Å². The summed E-state index contributed by atoms with van der Waals surface area (Å²) in [6.45, 7) is 3.23. The molecule has 3 heterocycles. The van der Waals surface area contributed by atoms with Gasteiger partial charge < -0.3 is 10.6 Å². The smallest absolute Gasteiger partial charge is 0.255 e. The number of fused-ring (bicyclic) bond motifs is 2. The van der Waals surface area contributed by atoms with Crippen molar-refractivity contribution in [3.8, 4) is 0 Å². The number of hydrogen-bond donors (Lipinski definition) is 2. The molecule has 3 N–H and O–H groups in total. The van der Waals surface area contributed by atoms with E-state index in [-0.39, 0.29) is 30.2 Å². The molecule has 0 bridgehead atoms. The van der Waals surface area contributed by atoms with Crippen LogP contribution in [0.3, 0.4) is 0 Å². The number of likely N-dealkylation sites (tertiary alicyclic amines) is 1. The molecule has 3 aliphatic heterocycles. The summed E-state index contributed by atoms with van der Waals surface area (Å²) in [5, 5.41) is 2.34. The van der Waals surface area contributed by atoms with E-state index < -0.39 is 6.04 Å². The molecule has 0 spiro atoms. The maximum Gasteiger partial charge on any atom is 0.255 e. The average Bonchev–Trinajstić information content (AvgIpc) is 3.34. The third-order valence-electron chi connectivity index (χ3n) is 6.49. The van der Waals surface area contributed by atoms with Crippen molar-refractivity contribution < 1.29 is 14.4 Å². The third kappa shape index (κ3) is 2.95. The molecule has 7 heteroatoms. The molecule has 1 aromatic rings. The average molecular weight is 368 g/mol. The van der Waals surface area contributed by atoms with Crippen LogP contribution in [0.5, 0.6) is 0 Å². The fourth-order valence-electron chi connectivity index (χ4n) is 4.93. The number of amides is 3. The highest BCUT2D eigenvalue weighted by molar-refractivity contribution is 6.05. The Hall–Kier alpha value is -2.25. The van der Waals surface area contributed by atoms with Crippen molar-refractivity contribution in [1.29, 1.82) is 0 Å². The lowest BCUT2D eigenvalue weighted by molar-refractivity contribution is -0.136. The highest BCUT2D eigenvalue weighted by Crippen LogP contribution is 2.44. The van der Waals surface area contributed by atoms with E-state index in [1.807, 2.05) is 12.1 Å². The molecule has 0 aromatic heterocycles. The predicted molar refractivity (Wildman–Crippen MR) is 97.3 cm³/mol. The van der Waals surface area contributed by atoms with Crippen LogP contribution in [0.2, 0.25) is 0 Å². The number of piperidine rings is 2. The predicted octanol–water partition coefficient (Wildman–Crippen LogP) is 0.227. The molecule has 27 heavy (non-hydrogen) atoms. The van der Waals surface area contributed by atoms with Crippen LogP contribution in [0, 0.1) is 11.8 Å². The van der Waals surface area contributed by atoms with Gasteiger partial charge in [0.1, 0.15) is 6.04 Å². The van der Waals surface area contributed by atoms with Gasteiger partial charge in [0.15, 0.2) is 0 Å². The number of rotatable bonds is 3. The van der Waals surface area contributed by atoms with Gasteiger partial charge in [-0.3, -0.25) is 24.6 Å². The van der Waals surface area contributed by atoms with Crippen LogP contribution in [0.15, 0.2) is 18.2 Å². The fourth-order valence-corrected chi connectivity index (χ4v) is 4.93. The van der Waals surface area contributed by atoms with Crippen molar-refractivity contribution in [3.63, 3.8) is 0 Å².